The maximum absolute atomic E-state index is 14.1. The highest BCUT2D eigenvalue weighted by Gasteiger charge is 2.50. The van der Waals surface area contributed by atoms with E-state index in [1.165, 1.54) is 18.3 Å². The highest BCUT2D eigenvalue weighted by molar-refractivity contribution is 7.94. The van der Waals surface area contributed by atoms with Gasteiger partial charge in [-0.05, 0) is 56.3 Å². The number of fused-ring (bicyclic) bond motifs is 1. The van der Waals surface area contributed by atoms with Crippen molar-refractivity contribution in [2.24, 2.45) is 5.14 Å². The van der Waals surface area contributed by atoms with E-state index in [1.807, 2.05) is 0 Å². The van der Waals surface area contributed by atoms with E-state index in [4.69, 9.17) is 5.14 Å². The summed E-state index contributed by atoms with van der Waals surface area (Å²) in [5, 5.41) is 8.48. The Bertz CT molecular complexity index is 1670. The third kappa shape index (κ3) is 5.03. The van der Waals surface area contributed by atoms with Gasteiger partial charge in [0.25, 0.3) is 19.9 Å². The summed E-state index contributed by atoms with van der Waals surface area (Å²) in [4.78, 5) is 1.30. The summed E-state index contributed by atoms with van der Waals surface area (Å²) >= 11 is 0. The molecule has 16 heteroatoms. The lowest BCUT2D eigenvalue weighted by Crippen LogP contribution is -2.47. The summed E-state index contributed by atoms with van der Waals surface area (Å²) in [5.41, 5.74) is -6.67. The van der Waals surface area contributed by atoms with Crippen molar-refractivity contribution in [3.63, 3.8) is 0 Å². The van der Waals surface area contributed by atoms with Gasteiger partial charge in [0, 0.05) is 17.6 Å². The van der Waals surface area contributed by atoms with Crippen LogP contribution in [0.3, 0.4) is 0 Å². The van der Waals surface area contributed by atoms with Crippen LogP contribution >= 0.6 is 0 Å². The Morgan fingerprint density at radius 3 is 2.19 bits per heavy atom. The predicted octanol–water partition coefficient (Wildman–Crippen LogP) is 2.12. The van der Waals surface area contributed by atoms with Gasteiger partial charge in [-0.2, -0.15) is 13.2 Å². The second-order valence-corrected chi connectivity index (χ2v) is 13.5. The van der Waals surface area contributed by atoms with Crippen LogP contribution in [0, 0.1) is 0 Å². The molecule has 2 aromatic carbocycles. The third-order valence-electron chi connectivity index (χ3n) is 5.86. The smallest absolute Gasteiger partial charge is 0.317 e. The van der Waals surface area contributed by atoms with Crippen molar-refractivity contribution >= 4 is 46.5 Å². The minimum atomic E-state index is -6.22. The van der Waals surface area contributed by atoms with Crippen molar-refractivity contribution in [1.29, 1.82) is 0 Å². The lowest BCUT2D eigenvalue weighted by atomic mass is 10.1. The van der Waals surface area contributed by atoms with Crippen molar-refractivity contribution in [3.8, 4) is 0 Å². The van der Waals surface area contributed by atoms with Crippen LogP contribution in [0.15, 0.2) is 69.4 Å². The van der Waals surface area contributed by atoms with Gasteiger partial charge < -0.3 is 5.32 Å². The highest BCUT2D eigenvalue weighted by atomic mass is 32.2. The number of primary sulfonamides is 1. The summed E-state index contributed by atoms with van der Waals surface area (Å²) in [5.74, 6) is 0. The fourth-order valence-corrected chi connectivity index (χ4v) is 7.69. The van der Waals surface area contributed by atoms with Crippen LogP contribution in [0.5, 0.6) is 0 Å². The first kappa shape index (κ1) is 27.3. The highest BCUT2D eigenvalue weighted by Crippen LogP contribution is 2.41. The molecule has 10 nitrogen and oxygen atoms in total. The number of nitrogens with one attached hydrogen (secondary N) is 1. The van der Waals surface area contributed by atoms with Gasteiger partial charge in [0.2, 0.25) is 10.0 Å². The normalized spacial score (nSPS) is 16.1. The molecule has 3 N–H and O–H groups in total. The van der Waals surface area contributed by atoms with E-state index in [0.29, 0.717) is 22.8 Å². The van der Waals surface area contributed by atoms with Gasteiger partial charge in [-0.25, -0.2) is 30.4 Å². The molecular weight excluding hydrogens is 557 g/mol. The number of nitrogens with zero attached hydrogens (tertiary/aromatic N) is 2. The number of anilines is 1. The zero-order valence-corrected chi connectivity index (χ0v) is 21.3. The first-order valence-corrected chi connectivity index (χ1v) is 15.2. The summed E-state index contributed by atoms with van der Waals surface area (Å²) in [6.45, 7) is 0.613. The first-order chi connectivity index (χ1) is 17.2. The van der Waals surface area contributed by atoms with Gasteiger partial charge >= 0.3 is 5.51 Å². The molecule has 3 aromatic rings. The molecule has 0 radical (unpaired) electrons. The molecule has 1 aliphatic heterocycles. The maximum Gasteiger partial charge on any atom is 0.501 e. The quantitative estimate of drug-likeness (QED) is 0.451. The molecule has 0 atom stereocenters. The SMILES string of the molecule is NS(=O)(=O)c1ccc(N(C2CCNCC2)S(=O)(=O)c2cccc3cccnc23)c(S(=O)(=O)C(F)(F)F)c1. The van der Waals surface area contributed by atoms with Crippen molar-refractivity contribution in [3.05, 3.63) is 54.7 Å². The number of piperidine rings is 1. The van der Waals surface area contributed by atoms with Gasteiger partial charge in [-0.15, -0.1) is 0 Å². The number of hydrogen-bond donors (Lipinski definition) is 2. The van der Waals surface area contributed by atoms with E-state index in [9.17, 15) is 38.4 Å². The van der Waals surface area contributed by atoms with Gasteiger partial charge in [-0.3, -0.25) is 9.29 Å². The lowest BCUT2D eigenvalue weighted by Gasteiger charge is -2.36. The molecule has 200 valence electrons. The molecule has 0 spiro atoms. The Morgan fingerprint density at radius 1 is 0.919 bits per heavy atom. The Hall–Kier alpha value is -2.79. The average molecular weight is 579 g/mol. The van der Waals surface area contributed by atoms with E-state index < -0.39 is 56.9 Å². The second-order valence-electron chi connectivity index (χ2n) is 8.24. The molecular formula is C21H21F3N4O6S3. The van der Waals surface area contributed by atoms with Crippen molar-refractivity contribution in [2.75, 3.05) is 17.4 Å². The Morgan fingerprint density at radius 2 is 1.57 bits per heavy atom. The number of benzene rings is 2. The number of aromatic nitrogens is 1. The molecule has 1 aromatic heterocycles. The molecule has 1 fully saturated rings. The zero-order valence-electron chi connectivity index (χ0n) is 18.9. The number of nitrogens with two attached hydrogens (primary N) is 1. The Balaban J connectivity index is 2.07. The van der Waals surface area contributed by atoms with E-state index in [2.05, 4.69) is 10.3 Å². The third-order valence-corrected chi connectivity index (χ3v) is 10.2. The minimum absolute atomic E-state index is 0.0327. The molecule has 4 rings (SSSR count). The zero-order chi connectivity index (χ0) is 27.2. The topological polar surface area (TPSA) is 157 Å². The van der Waals surface area contributed by atoms with Crippen LogP contribution in [-0.4, -0.2) is 54.9 Å². The van der Waals surface area contributed by atoms with Gasteiger partial charge in [0.1, 0.15) is 9.79 Å². The molecule has 1 saturated heterocycles. The maximum atomic E-state index is 14.1. The van der Waals surface area contributed by atoms with E-state index in [-0.39, 0.29) is 29.3 Å². The number of halogens is 3. The largest absolute Gasteiger partial charge is 0.501 e. The van der Waals surface area contributed by atoms with Crippen molar-refractivity contribution < 1.29 is 38.4 Å². The lowest BCUT2D eigenvalue weighted by molar-refractivity contribution is -0.0436. The van der Waals surface area contributed by atoms with Crippen LogP contribution in [0.1, 0.15) is 12.8 Å². The molecule has 0 aliphatic carbocycles. The number of sulfone groups is 1. The summed E-state index contributed by atoms with van der Waals surface area (Å²) in [7, 11) is -15.6. The summed E-state index contributed by atoms with van der Waals surface area (Å²) in [6.07, 6.45) is 1.62. The molecule has 37 heavy (non-hydrogen) atoms. The Labute approximate surface area is 211 Å². The van der Waals surface area contributed by atoms with E-state index in [0.717, 1.165) is 12.1 Å². The van der Waals surface area contributed by atoms with Gasteiger partial charge in [-0.1, -0.05) is 18.2 Å². The predicted molar refractivity (Wildman–Crippen MR) is 128 cm³/mol. The summed E-state index contributed by atoms with van der Waals surface area (Å²) in [6, 6.07) is 8.17. The van der Waals surface area contributed by atoms with Gasteiger partial charge in [0.05, 0.1) is 16.1 Å². The monoisotopic (exact) mass is 578 g/mol. The molecule has 0 amide bonds. The fraction of sp³-hybridized carbons (Fsp3) is 0.286. The number of alkyl halides is 3. The summed E-state index contributed by atoms with van der Waals surface area (Å²) < 4.78 is 119. The minimum Gasteiger partial charge on any atom is -0.317 e. The molecule has 0 saturated carbocycles. The molecule has 2 heterocycles. The van der Waals surface area contributed by atoms with Crippen LogP contribution in [0.2, 0.25) is 0 Å². The fourth-order valence-electron chi connectivity index (χ4n) is 4.15. The van der Waals surface area contributed by atoms with Gasteiger partial charge in [0.15, 0.2) is 0 Å². The Kier molecular flexibility index (Phi) is 7.00. The number of hydrogen-bond acceptors (Lipinski definition) is 8. The molecule has 0 unspecified atom stereocenters. The second kappa shape index (κ2) is 9.50. The van der Waals surface area contributed by atoms with Crippen LogP contribution in [0.25, 0.3) is 10.9 Å². The van der Waals surface area contributed by atoms with Crippen LogP contribution in [0.4, 0.5) is 18.9 Å². The molecule has 0 bridgehead atoms. The number of pyridine rings is 1. The van der Waals surface area contributed by atoms with E-state index in [1.54, 1.807) is 18.2 Å². The average Bonchev–Trinajstić information content (AvgIpc) is 2.83. The molecule has 1 aliphatic rings. The van der Waals surface area contributed by atoms with Crippen molar-refractivity contribution in [1.82, 2.24) is 10.3 Å². The number of sulfonamides is 2. The first-order valence-electron chi connectivity index (χ1n) is 10.7. The number of para-hydroxylation sites is 1. The number of rotatable bonds is 6. The van der Waals surface area contributed by atoms with E-state index >= 15 is 0 Å². The standard InChI is InChI=1S/C21H21F3N4O6S3/c22-21(23,24)35(29,30)19-13-16(36(25,31)32)6-7-17(19)28(15-8-11-26-12-9-15)37(33,34)18-5-1-3-14-4-2-10-27-20(14)18/h1-7,10,13,15,26H,8-9,11-12H2,(H2,25,31,32). The van der Waals surface area contributed by atoms with Crippen LogP contribution in [-0.2, 0) is 29.9 Å². The van der Waals surface area contributed by atoms with Crippen LogP contribution < -0.4 is 14.8 Å². The van der Waals surface area contributed by atoms with Crippen molar-refractivity contribution in [2.45, 2.75) is 39.1 Å².